The number of nitriles is 1. The lowest BCUT2D eigenvalue weighted by Gasteiger charge is -2.19. The molecule has 0 radical (unpaired) electrons. The van der Waals surface area contributed by atoms with Gasteiger partial charge >= 0.3 is 0 Å². The predicted octanol–water partition coefficient (Wildman–Crippen LogP) is 3.26. The van der Waals surface area contributed by atoms with Gasteiger partial charge in [-0.25, -0.2) is 0 Å². The van der Waals surface area contributed by atoms with E-state index in [0.717, 1.165) is 17.1 Å². The van der Waals surface area contributed by atoms with Gasteiger partial charge in [0, 0.05) is 28.9 Å². The molecule has 0 saturated heterocycles. The largest absolute Gasteiger partial charge is 0.350 e. The molecule has 3 nitrogen and oxygen atoms in total. The third-order valence-electron chi connectivity index (χ3n) is 3.90. The summed E-state index contributed by atoms with van der Waals surface area (Å²) in [6.07, 6.45) is 4.46. The van der Waals surface area contributed by atoms with Crippen molar-refractivity contribution in [2.24, 2.45) is 0 Å². The first kappa shape index (κ1) is 13.0. The molecule has 0 spiro atoms. The molecular weight excluding hydrogens is 268 g/mol. The molecular formula is C16H14N2OS. The van der Waals surface area contributed by atoms with Crippen molar-refractivity contribution in [1.29, 1.82) is 5.26 Å². The van der Waals surface area contributed by atoms with Gasteiger partial charge in [-0.3, -0.25) is 4.79 Å². The third-order valence-corrected chi connectivity index (χ3v) is 4.63. The number of hydrogen-bond donors (Lipinski definition) is 0. The third kappa shape index (κ3) is 1.78. The van der Waals surface area contributed by atoms with Crippen molar-refractivity contribution >= 4 is 17.5 Å². The second kappa shape index (κ2) is 4.84. The Bertz CT molecular complexity index is 713. The van der Waals surface area contributed by atoms with Gasteiger partial charge < -0.3 is 4.57 Å². The van der Waals surface area contributed by atoms with Crippen LogP contribution in [0.15, 0.2) is 47.5 Å². The zero-order chi connectivity index (χ0) is 14.2. The maximum atomic E-state index is 12.9. The molecule has 0 fully saturated rings. The first-order chi connectivity index (χ1) is 9.71. The number of benzene rings is 1. The van der Waals surface area contributed by atoms with Gasteiger partial charge in [-0.05, 0) is 36.9 Å². The number of carbonyl (C=O) groups is 1. The molecule has 100 valence electrons. The van der Waals surface area contributed by atoms with Crippen LogP contribution in [0.5, 0.6) is 0 Å². The second-order valence-electron chi connectivity index (χ2n) is 4.92. The molecule has 2 heterocycles. The Hall–Kier alpha value is -1.99. The summed E-state index contributed by atoms with van der Waals surface area (Å²) in [6.45, 7) is 0.726. The van der Waals surface area contributed by atoms with Crippen molar-refractivity contribution in [1.82, 2.24) is 4.57 Å². The zero-order valence-electron chi connectivity index (χ0n) is 11.2. The van der Waals surface area contributed by atoms with Crippen molar-refractivity contribution in [3.05, 3.63) is 53.9 Å². The van der Waals surface area contributed by atoms with Gasteiger partial charge in [-0.15, -0.1) is 11.8 Å². The van der Waals surface area contributed by atoms with Gasteiger partial charge in [0.1, 0.15) is 0 Å². The van der Waals surface area contributed by atoms with Crippen molar-refractivity contribution in [3.8, 4) is 6.07 Å². The van der Waals surface area contributed by atoms with Crippen LogP contribution in [0.25, 0.3) is 0 Å². The monoisotopic (exact) mass is 282 g/mol. The number of ketones is 1. The van der Waals surface area contributed by atoms with E-state index in [2.05, 4.69) is 6.07 Å². The normalized spacial score (nSPS) is 20.4. The number of hydrogen-bond acceptors (Lipinski definition) is 3. The predicted molar refractivity (Wildman–Crippen MR) is 78.9 cm³/mol. The highest BCUT2D eigenvalue weighted by Crippen LogP contribution is 2.38. The minimum absolute atomic E-state index is 0.0895. The van der Waals surface area contributed by atoms with Crippen molar-refractivity contribution in [3.63, 3.8) is 0 Å². The number of nitrogens with zero attached hydrogens (tertiary/aromatic N) is 2. The van der Waals surface area contributed by atoms with Crippen LogP contribution in [0.4, 0.5) is 0 Å². The van der Waals surface area contributed by atoms with E-state index in [1.165, 1.54) is 0 Å². The molecule has 1 aliphatic heterocycles. The van der Waals surface area contributed by atoms with Gasteiger partial charge in [0.2, 0.25) is 0 Å². The Morgan fingerprint density at radius 1 is 1.40 bits per heavy atom. The van der Waals surface area contributed by atoms with Crippen molar-refractivity contribution < 1.29 is 4.79 Å². The number of rotatable bonds is 3. The Labute approximate surface area is 122 Å². The van der Waals surface area contributed by atoms with E-state index in [1.54, 1.807) is 17.8 Å². The van der Waals surface area contributed by atoms with Gasteiger partial charge in [0.05, 0.1) is 6.07 Å². The maximum absolute atomic E-state index is 12.9. The highest BCUT2D eigenvalue weighted by Gasteiger charge is 2.46. The first-order valence-corrected chi connectivity index (χ1v) is 7.69. The molecule has 0 N–H and O–H groups in total. The summed E-state index contributed by atoms with van der Waals surface area (Å²) >= 11 is 1.60. The van der Waals surface area contributed by atoms with Gasteiger partial charge in [-0.1, -0.05) is 12.1 Å². The molecule has 1 unspecified atom stereocenters. The summed E-state index contributed by atoms with van der Waals surface area (Å²) in [4.78, 5) is 13.9. The lowest BCUT2D eigenvalue weighted by molar-refractivity contribution is 0.0921. The molecule has 4 heteroatoms. The Balaban J connectivity index is 2.07. The van der Waals surface area contributed by atoms with Crippen LogP contribution in [-0.4, -0.2) is 16.6 Å². The van der Waals surface area contributed by atoms with Gasteiger partial charge in [-0.2, -0.15) is 5.26 Å². The molecule has 1 aromatic heterocycles. The van der Waals surface area contributed by atoms with Gasteiger partial charge in [0.15, 0.2) is 11.2 Å². The van der Waals surface area contributed by atoms with Crippen LogP contribution >= 0.6 is 11.8 Å². The average molecular weight is 282 g/mol. The SMILES string of the molecule is CSc1cccc(C(=O)C2(C#N)CCn3cccc32)c1. The number of aryl methyl sites for hydroxylation is 1. The fraction of sp³-hybridized carbons (Fsp3) is 0.250. The van der Waals surface area contributed by atoms with E-state index in [9.17, 15) is 10.1 Å². The van der Waals surface area contributed by atoms with E-state index in [1.807, 2.05) is 47.4 Å². The number of fused-ring (bicyclic) bond motifs is 1. The fourth-order valence-corrected chi connectivity index (χ4v) is 3.28. The molecule has 1 atom stereocenters. The maximum Gasteiger partial charge on any atom is 0.189 e. The molecule has 0 aliphatic carbocycles. The second-order valence-corrected chi connectivity index (χ2v) is 5.79. The summed E-state index contributed by atoms with van der Waals surface area (Å²) < 4.78 is 2.00. The molecule has 0 bridgehead atoms. The minimum Gasteiger partial charge on any atom is -0.350 e. The Morgan fingerprint density at radius 2 is 2.25 bits per heavy atom. The van der Waals surface area contributed by atoms with Crippen LogP contribution in [-0.2, 0) is 12.0 Å². The molecule has 0 amide bonds. The molecule has 1 aromatic carbocycles. The molecule has 0 saturated carbocycles. The number of Topliss-reactive ketones (excluding diaryl/α,β-unsaturated/α-hetero) is 1. The topological polar surface area (TPSA) is 45.8 Å². The summed E-state index contributed by atoms with van der Waals surface area (Å²) in [5.74, 6) is -0.0895. The Kier molecular flexibility index (Phi) is 3.15. The summed E-state index contributed by atoms with van der Waals surface area (Å²) in [6, 6.07) is 13.6. The molecule has 1 aliphatic rings. The van der Waals surface area contributed by atoms with Gasteiger partial charge in [0.25, 0.3) is 0 Å². The summed E-state index contributed by atoms with van der Waals surface area (Å²) in [5, 5.41) is 9.65. The van der Waals surface area contributed by atoms with E-state index in [4.69, 9.17) is 0 Å². The van der Waals surface area contributed by atoms with Crippen LogP contribution in [0.1, 0.15) is 22.5 Å². The van der Waals surface area contributed by atoms with Crippen LogP contribution in [0.3, 0.4) is 0 Å². The summed E-state index contributed by atoms with van der Waals surface area (Å²) in [7, 11) is 0. The van der Waals surface area contributed by atoms with Crippen LogP contribution < -0.4 is 0 Å². The van der Waals surface area contributed by atoms with Crippen LogP contribution in [0.2, 0.25) is 0 Å². The van der Waals surface area contributed by atoms with Crippen molar-refractivity contribution in [2.45, 2.75) is 23.3 Å². The van der Waals surface area contributed by atoms with E-state index in [-0.39, 0.29) is 5.78 Å². The standard InChI is InChI=1S/C16H14N2OS/c1-20-13-5-2-4-12(10-13)15(19)16(11-17)7-9-18-8-3-6-14(16)18/h2-6,8,10H,7,9H2,1H3. The molecule has 20 heavy (non-hydrogen) atoms. The fourth-order valence-electron chi connectivity index (χ4n) is 2.82. The van der Waals surface area contributed by atoms with E-state index < -0.39 is 5.41 Å². The smallest absolute Gasteiger partial charge is 0.189 e. The zero-order valence-corrected chi connectivity index (χ0v) is 12.0. The highest BCUT2D eigenvalue weighted by molar-refractivity contribution is 7.98. The number of aromatic nitrogens is 1. The first-order valence-electron chi connectivity index (χ1n) is 6.47. The lowest BCUT2D eigenvalue weighted by Crippen LogP contribution is -2.32. The summed E-state index contributed by atoms with van der Waals surface area (Å²) in [5.41, 5.74) is 0.410. The lowest BCUT2D eigenvalue weighted by atomic mass is 9.78. The van der Waals surface area contributed by atoms with E-state index >= 15 is 0 Å². The Morgan fingerprint density at radius 3 is 3.00 bits per heavy atom. The highest BCUT2D eigenvalue weighted by atomic mass is 32.2. The van der Waals surface area contributed by atoms with Crippen LogP contribution in [0, 0.1) is 11.3 Å². The molecule has 2 aromatic rings. The molecule has 3 rings (SSSR count). The minimum atomic E-state index is -1.03. The van der Waals surface area contributed by atoms with Crippen molar-refractivity contribution in [2.75, 3.05) is 6.26 Å². The average Bonchev–Trinajstić information content (AvgIpc) is 3.09. The van der Waals surface area contributed by atoms with E-state index in [0.29, 0.717) is 12.0 Å². The number of carbonyl (C=O) groups excluding carboxylic acids is 1. The quantitative estimate of drug-likeness (QED) is 0.641. The number of thioether (sulfide) groups is 1.